The van der Waals surface area contributed by atoms with Crippen molar-refractivity contribution in [1.82, 2.24) is 0 Å². The highest BCUT2D eigenvalue weighted by molar-refractivity contribution is 7.47. The number of esters is 4. The van der Waals surface area contributed by atoms with Crippen molar-refractivity contribution in [1.29, 1.82) is 0 Å². The van der Waals surface area contributed by atoms with Crippen molar-refractivity contribution in [2.24, 2.45) is 17.8 Å². The number of phosphoric ester groups is 2. The van der Waals surface area contributed by atoms with Gasteiger partial charge in [-0.1, -0.05) is 389 Å². The number of carbonyl (C=O) groups is 4. The van der Waals surface area contributed by atoms with Crippen molar-refractivity contribution in [2.45, 2.75) is 458 Å². The Balaban J connectivity index is 5.22. The van der Waals surface area contributed by atoms with E-state index in [1.165, 1.54) is 250 Å². The molecule has 103 heavy (non-hydrogen) atoms. The van der Waals surface area contributed by atoms with Crippen LogP contribution in [-0.2, 0) is 65.4 Å². The lowest BCUT2D eigenvalue weighted by Crippen LogP contribution is -2.30. The molecule has 0 spiro atoms. The molecule has 17 nitrogen and oxygen atoms in total. The van der Waals surface area contributed by atoms with E-state index in [1.807, 2.05) is 0 Å². The summed E-state index contributed by atoms with van der Waals surface area (Å²) in [5, 5.41) is 10.7. The van der Waals surface area contributed by atoms with Crippen LogP contribution in [0.3, 0.4) is 0 Å². The molecule has 0 heterocycles. The summed E-state index contributed by atoms with van der Waals surface area (Å²) in [5.74, 6) is 0.322. The van der Waals surface area contributed by atoms with Crippen molar-refractivity contribution >= 4 is 39.5 Å². The Labute approximate surface area is 632 Å². The fourth-order valence-electron chi connectivity index (χ4n) is 13.0. The van der Waals surface area contributed by atoms with E-state index in [0.29, 0.717) is 25.7 Å². The van der Waals surface area contributed by atoms with Gasteiger partial charge in [0.15, 0.2) is 12.2 Å². The van der Waals surface area contributed by atoms with Gasteiger partial charge in [0.05, 0.1) is 26.4 Å². The zero-order chi connectivity index (χ0) is 75.8. The van der Waals surface area contributed by atoms with Gasteiger partial charge in [-0.2, -0.15) is 0 Å². The van der Waals surface area contributed by atoms with Crippen LogP contribution in [0.5, 0.6) is 0 Å². The van der Waals surface area contributed by atoms with Gasteiger partial charge in [-0.15, -0.1) is 0 Å². The molecule has 0 aromatic carbocycles. The van der Waals surface area contributed by atoms with Crippen molar-refractivity contribution < 1.29 is 80.2 Å². The van der Waals surface area contributed by atoms with Crippen LogP contribution in [0.4, 0.5) is 0 Å². The fraction of sp³-hybridized carbons (Fsp3) is 0.952. The maximum absolute atomic E-state index is 13.1. The quantitative estimate of drug-likeness (QED) is 0.0222. The highest BCUT2D eigenvalue weighted by Crippen LogP contribution is 2.45. The van der Waals surface area contributed by atoms with Crippen LogP contribution in [0.2, 0.25) is 0 Å². The third kappa shape index (κ3) is 76.6. The molecule has 0 aliphatic rings. The number of hydrogen-bond acceptors (Lipinski definition) is 15. The summed E-state index contributed by atoms with van der Waals surface area (Å²) in [6, 6.07) is 0. The number of aliphatic hydroxyl groups is 1. The van der Waals surface area contributed by atoms with Crippen molar-refractivity contribution in [3.63, 3.8) is 0 Å². The Hall–Kier alpha value is -1.94. The third-order valence-corrected chi connectivity index (χ3v) is 21.9. The van der Waals surface area contributed by atoms with Crippen LogP contribution < -0.4 is 0 Å². The summed E-state index contributed by atoms with van der Waals surface area (Å²) in [6.45, 7) is 12.0. The van der Waals surface area contributed by atoms with Crippen LogP contribution in [0.1, 0.15) is 440 Å². The fourth-order valence-corrected chi connectivity index (χ4v) is 14.6. The van der Waals surface area contributed by atoms with Gasteiger partial charge in [-0.3, -0.25) is 37.3 Å². The van der Waals surface area contributed by atoms with E-state index in [-0.39, 0.29) is 25.7 Å². The van der Waals surface area contributed by atoms with E-state index in [1.54, 1.807) is 0 Å². The van der Waals surface area contributed by atoms with Gasteiger partial charge < -0.3 is 33.8 Å². The summed E-state index contributed by atoms with van der Waals surface area (Å²) < 4.78 is 68.8. The maximum atomic E-state index is 13.1. The van der Waals surface area contributed by atoms with Gasteiger partial charge >= 0.3 is 39.5 Å². The highest BCUT2D eigenvalue weighted by atomic mass is 31.2. The van der Waals surface area contributed by atoms with Crippen LogP contribution in [-0.4, -0.2) is 96.7 Å². The van der Waals surface area contributed by atoms with Gasteiger partial charge in [-0.25, -0.2) is 9.13 Å². The molecule has 19 heteroatoms. The molecule has 0 aliphatic heterocycles. The zero-order valence-corrected chi connectivity index (χ0v) is 69.6. The smallest absolute Gasteiger partial charge is 0.462 e. The Morgan fingerprint density at radius 2 is 0.495 bits per heavy atom. The average Bonchev–Trinajstić information content (AvgIpc) is 0.922. The monoisotopic (exact) mass is 1510 g/mol. The van der Waals surface area contributed by atoms with E-state index in [4.69, 9.17) is 37.0 Å². The van der Waals surface area contributed by atoms with Crippen molar-refractivity contribution in [3.8, 4) is 0 Å². The molecule has 0 aromatic heterocycles. The second-order valence-electron chi connectivity index (χ2n) is 31.4. The number of rotatable bonds is 82. The van der Waals surface area contributed by atoms with E-state index in [9.17, 15) is 43.2 Å². The molecule has 0 rings (SSSR count). The van der Waals surface area contributed by atoms with Crippen LogP contribution in [0.25, 0.3) is 0 Å². The number of hydrogen-bond donors (Lipinski definition) is 3. The van der Waals surface area contributed by atoms with Crippen LogP contribution in [0.15, 0.2) is 0 Å². The van der Waals surface area contributed by atoms with Gasteiger partial charge in [0, 0.05) is 25.7 Å². The van der Waals surface area contributed by atoms with E-state index >= 15 is 0 Å². The number of aliphatic hydroxyl groups excluding tert-OH is 1. The first kappa shape index (κ1) is 101. The molecule has 0 aliphatic carbocycles. The molecule has 0 saturated carbocycles. The number of carbonyl (C=O) groups excluding carboxylic acids is 4. The lowest BCUT2D eigenvalue weighted by atomic mass is 9.99. The van der Waals surface area contributed by atoms with E-state index < -0.39 is 97.5 Å². The molecule has 0 aromatic rings. The maximum Gasteiger partial charge on any atom is 0.472 e. The zero-order valence-electron chi connectivity index (χ0n) is 67.8. The molecular weight excluding hydrogens is 1340 g/mol. The summed E-state index contributed by atoms with van der Waals surface area (Å²) in [6.07, 6.45) is 63.8. The summed E-state index contributed by atoms with van der Waals surface area (Å²) >= 11 is 0. The number of phosphoric acid groups is 2. The topological polar surface area (TPSA) is 237 Å². The molecule has 612 valence electrons. The summed E-state index contributed by atoms with van der Waals surface area (Å²) in [7, 11) is -9.92. The second-order valence-corrected chi connectivity index (χ2v) is 34.3. The second kappa shape index (κ2) is 74.2. The normalized spacial score (nSPS) is 14.2. The van der Waals surface area contributed by atoms with E-state index in [2.05, 4.69) is 48.5 Å². The van der Waals surface area contributed by atoms with E-state index in [0.717, 1.165) is 108 Å². The number of ether oxygens (including phenoxy) is 4. The van der Waals surface area contributed by atoms with Gasteiger partial charge in [0.2, 0.25) is 0 Å². The third-order valence-electron chi connectivity index (χ3n) is 20.0. The highest BCUT2D eigenvalue weighted by Gasteiger charge is 2.30. The number of unbranched alkanes of at least 4 members (excludes halogenated alkanes) is 49. The molecular formula is C84H164O17P2. The van der Waals surface area contributed by atoms with Crippen LogP contribution >= 0.6 is 15.6 Å². The molecule has 0 radical (unpaired) electrons. The Bertz CT molecular complexity index is 1990. The van der Waals surface area contributed by atoms with Crippen molar-refractivity contribution in [3.05, 3.63) is 0 Å². The molecule has 0 amide bonds. The van der Waals surface area contributed by atoms with Crippen molar-refractivity contribution in [2.75, 3.05) is 39.6 Å². The lowest BCUT2D eigenvalue weighted by Gasteiger charge is -2.21. The van der Waals surface area contributed by atoms with Crippen LogP contribution in [0, 0.1) is 17.8 Å². The van der Waals surface area contributed by atoms with Gasteiger partial charge in [0.1, 0.15) is 19.3 Å². The summed E-state index contributed by atoms with van der Waals surface area (Å²) in [5.41, 5.74) is 0. The Kier molecular flexibility index (Phi) is 72.8. The molecule has 3 unspecified atom stereocenters. The SMILES string of the molecule is CCCCCCCCCCCCC(=O)OC[C@H](COP(=O)(O)OC[C@H](O)COP(=O)(O)OC[C@@H](COC(=O)CCCCCCCCCCCCCCCCCC(C)C)OC(=O)CCCCCCCCCCCCCCCCCCCCC(C)CC)OC(=O)CCCCCCCCCCCCC(C)C. The minimum absolute atomic E-state index is 0.106. The minimum atomic E-state index is -4.96. The first-order valence-electron chi connectivity index (χ1n) is 43.4. The lowest BCUT2D eigenvalue weighted by molar-refractivity contribution is -0.161. The molecule has 6 atom stereocenters. The predicted molar refractivity (Wildman–Crippen MR) is 423 cm³/mol. The predicted octanol–water partition coefficient (Wildman–Crippen LogP) is 25.3. The first-order chi connectivity index (χ1) is 49.8. The Morgan fingerprint density at radius 1 is 0.282 bits per heavy atom. The molecule has 3 N–H and O–H groups in total. The van der Waals surface area contributed by atoms with Gasteiger partial charge in [0.25, 0.3) is 0 Å². The largest absolute Gasteiger partial charge is 0.472 e. The molecule has 0 fully saturated rings. The molecule has 0 bridgehead atoms. The average molecular weight is 1510 g/mol. The Morgan fingerprint density at radius 3 is 0.738 bits per heavy atom. The minimum Gasteiger partial charge on any atom is -0.462 e. The summed E-state index contributed by atoms with van der Waals surface area (Å²) in [4.78, 5) is 73.1. The van der Waals surface area contributed by atoms with Gasteiger partial charge in [-0.05, 0) is 43.4 Å². The standard InChI is InChI=1S/C84H164O17P2/c1-8-10-11-12-13-14-37-44-51-58-65-81(86)94-71-79(101-84(89)68-61-54-47-40-33-32-35-42-49-56-63-76(5)6)73-98-102(90,91)96-69-78(85)70-97-103(92,93)99-74-80(72-95-82(87)66-59-52-45-38-30-26-23-19-20-24-28-34-41-48-55-62-75(3)4)100-83(88)67-60-53-46-39-31-27-22-18-16-15-17-21-25-29-36-43-50-57-64-77(7)9-2/h75-80,85H,8-74H2,1-7H3,(H,90,91)(H,92,93)/t77?,78-,79+,80+/m0/s1. The first-order valence-corrected chi connectivity index (χ1v) is 46.4. The molecule has 0 saturated heterocycles.